The minimum Gasteiger partial charge on any atom is -0.371 e. The topological polar surface area (TPSA) is 32.6 Å². The summed E-state index contributed by atoms with van der Waals surface area (Å²) in [5.74, 6) is 0.753. The highest BCUT2D eigenvalue weighted by molar-refractivity contribution is 8.14. The van der Waals surface area contributed by atoms with Gasteiger partial charge in [-0.25, -0.2) is 0 Å². The van der Waals surface area contributed by atoms with E-state index in [1.54, 1.807) is 11.8 Å². The van der Waals surface area contributed by atoms with Crippen molar-refractivity contribution in [3.63, 3.8) is 0 Å². The largest absolute Gasteiger partial charge is 0.371 e. The fraction of sp³-hybridized carbons (Fsp3) is 0.800. The predicted octanol–water partition coefficient (Wildman–Crippen LogP) is 0.860. The van der Waals surface area contributed by atoms with E-state index in [9.17, 15) is 0 Å². The van der Waals surface area contributed by atoms with Gasteiger partial charge in [-0.05, 0) is 6.42 Å². The Hall–Kier alpha value is -0.0200. The standard InChI is InChI=1S/C5H9NOS/c1-2-5-6-4(7)3-8-5/h4,7H,2-3H2,1H3. The van der Waals surface area contributed by atoms with Gasteiger partial charge >= 0.3 is 0 Å². The molecule has 1 heterocycles. The quantitative estimate of drug-likeness (QED) is 0.572. The molecule has 1 rings (SSSR count). The molecule has 1 aliphatic rings. The van der Waals surface area contributed by atoms with Crippen LogP contribution in [0, 0.1) is 0 Å². The molecular formula is C5H9NOS. The molecule has 46 valence electrons. The lowest BCUT2D eigenvalue weighted by atomic mass is 10.5. The molecule has 0 aromatic carbocycles. The minimum atomic E-state index is -0.421. The molecule has 3 heteroatoms. The van der Waals surface area contributed by atoms with Gasteiger partial charge in [0, 0.05) is 5.75 Å². The first-order valence-corrected chi connectivity index (χ1v) is 3.69. The lowest BCUT2D eigenvalue weighted by molar-refractivity contribution is 0.213. The number of hydrogen-bond donors (Lipinski definition) is 1. The van der Waals surface area contributed by atoms with Crippen LogP contribution in [-0.4, -0.2) is 22.1 Å². The Morgan fingerprint density at radius 1 is 2.00 bits per heavy atom. The third-order valence-electron chi connectivity index (χ3n) is 0.994. The van der Waals surface area contributed by atoms with E-state index in [1.807, 2.05) is 6.92 Å². The van der Waals surface area contributed by atoms with Crippen LogP contribution in [0.1, 0.15) is 13.3 Å². The van der Waals surface area contributed by atoms with Crippen LogP contribution in [0.5, 0.6) is 0 Å². The third kappa shape index (κ3) is 1.23. The Morgan fingerprint density at radius 2 is 2.75 bits per heavy atom. The number of aliphatic hydroxyl groups excluding tert-OH is 1. The first-order chi connectivity index (χ1) is 3.83. The van der Waals surface area contributed by atoms with Gasteiger partial charge in [0.15, 0.2) is 6.23 Å². The summed E-state index contributed by atoms with van der Waals surface area (Å²) in [5.41, 5.74) is 0. The van der Waals surface area contributed by atoms with Crippen molar-refractivity contribution in [3.05, 3.63) is 0 Å². The fourth-order valence-electron chi connectivity index (χ4n) is 0.605. The summed E-state index contributed by atoms with van der Waals surface area (Å²) < 4.78 is 0. The zero-order chi connectivity index (χ0) is 5.98. The highest BCUT2D eigenvalue weighted by Gasteiger charge is 2.12. The smallest absolute Gasteiger partial charge is 0.155 e. The average Bonchev–Trinajstić information content (AvgIpc) is 2.14. The number of thioether (sulfide) groups is 1. The lowest BCUT2D eigenvalue weighted by Crippen LogP contribution is -1.98. The highest BCUT2D eigenvalue weighted by Crippen LogP contribution is 2.17. The number of aliphatic imine (C=N–C) groups is 1. The van der Waals surface area contributed by atoms with Crippen molar-refractivity contribution in [2.75, 3.05) is 5.75 Å². The van der Waals surface area contributed by atoms with Crippen molar-refractivity contribution in [3.8, 4) is 0 Å². The third-order valence-corrected chi connectivity index (χ3v) is 2.19. The number of nitrogens with zero attached hydrogens (tertiary/aromatic N) is 1. The number of aliphatic hydroxyl groups is 1. The Morgan fingerprint density at radius 3 is 3.00 bits per heavy atom. The summed E-state index contributed by atoms with van der Waals surface area (Å²) in [6.07, 6.45) is 0.539. The lowest BCUT2D eigenvalue weighted by Gasteiger charge is -1.87. The van der Waals surface area contributed by atoms with Gasteiger partial charge in [0.25, 0.3) is 0 Å². The molecule has 0 spiro atoms. The first kappa shape index (κ1) is 6.11. The molecule has 1 atom stereocenters. The molecule has 1 aliphatic heterocycles. The van der Waals surface area contributed by atoms with Crippen molar-refractivity contribution in [1.82, 2.24) is 0 Å². The van der Waals surface area contributed by atoms with Gasteiger partial charge in [0.1, 0.15) is 0 Å². The summed E-state index contributed by atoms with van der Waals surface area (Å²) in [4.78, 5) is 3.94. The van der Waals surface area contributed by atoms with Crippen molar-refractivity contribution in [2.24, 2.45) is 4.99 Å². The zero-order valence-electron chi connectivity index (χ0n) is 4.79. The van der Waals surface area contributed by atoms with E-state index in [0.29, 0.717) is 0 Å². The molecule has 0 aromatic heterocycles. The molecule has 0 saturated heterocycles. The molecule has 0 aliphatic carbocycles. The van der Waals surface area contributed by atoms with Crippen molar-refractivity contribution in [2.45, 2.75) is 19.6 Å². The van der Waals surface area contributed by atoms with Crippen molar-refractivity contribution in [1.29, 1.82) is 0 Å². The molecule has 0 aromatic rings. The van der Waals surface area contributed by atoms with E-state index in [-0.39, 0.29) is 0 Å². The molecule has 0 saturated carbocycles. The van der Waals surface area contributed by atoms with Crippen molar-refractivity contribution < 1.29 is 5.11 Å². The molecule has 0 bridgehead atoms. The maximum Gasteiger partial charge on any atom is 0.155 e. The van der Waals surface area contributed by atoms with E-state index >= 15 is 0 Å². The van der Waals surface area contributed by atoms with Crippen LogP contribution < -0.4 is 0 Å². The van der Waals surface area contributed by atoms with Crippen LogP contribution in [-0.2, 0) is 0 Å². The summed E-state index contributed by atoms with van der Waals surface area (Å²) in [5, 5.41) is 9.90. The molecular weight excluding hydrogens is 122 g/mol. The normalized spacial score (nSPS) is 28.2. The Bertz CT molecular complexity index is 113. The van der Waals surface area contributed by atoms with Crippen LogP contribution in [0.2, 0.25) is 0 Å². The van der Waals surface area contributed by atoms with E-state index in [1.165, 1.54) is 0 Å². The maximum absolute atomic E-state index is 8.82. The van der Waals surface area contributed by atoms with Crippen LogP contribution >= 0.6 is 11.8 Å². The van der Waals surface area contributed by atoms with Gasteiger partial charge in [-0.15, -0.1) is 11.8 Å². The molecule has 0 fully saturated rings. The van der Waals surface area contributed by atoms with Crippen LogP contribution in [0.15, 0.2) is 4.99 Å². The Balaban J connectivity index is 2.44. The zero-order valence-corrected chi connectivity index (χ0v) is 5.61. The molecule has 1 N–H and O–H groups in total. The maximum atomic E-state index is 8.82. The predicted molar refractivity (Wildman–Crippen MR) is 36.2 cm³/mol. The number of hydrogen-bond acceptors (Lipinski definition) is 3. The SMILES string of the molecule is CCC1=NC(O)CS1. The fourth-order valence-corrected chi connectivity index (χ4v) is 1.42. The summed E-state index contributed by atoms with van der Waals surface area (Å²) in [6, 6.07) is 0. The Labute approximate surface area is 53.0 Å². The first-order valence-electron chi connectivity index (χ1n) is 2.70. The van der Waals surface area contributed by atoms with Gasteiger partial charge in [-0.2, -0.15) is 0 Å². The van der Waals surface area contributed by atoms with E-state index in [2.05, 4.69) is 4.99 Å². The van der Waals surface area contributed by atoms with Gasteiger partial charge < -0.3 is 5.11 Å². The second kappa shape index (κ2) is 2.51. The molecule has 0 amide bonds. The molecule has 0 radical (unpaired) electrons. The summed E-state index contributed by atoms with van der Waals surface area (Å²) >= 11 is 1.65. The van der Waals surface area contributed by atoms with Gasteiger partial charge in [0.05, 0.1) is 5.04 Å². The van der Waals surface area contributed by atoms with Crippen molar-refractivity contribution >= 4 is 16.8 Å². The Kier molecular flexibility index (Phi) is 1.91. The van der Waals surface area contributed by atoms with Gasteiger partial charge in [-0.3, -0.25) is 4.99 Å². The monoisotopic (exact) mass is 131 g/mol. The minimum absolute atomic E-state index is 0.421. The highest BCUT2D eigenvalue weighted by atomic mass is 32.2. The van der Waals surface area contributed by atoms with Crippen LogP contribution in [0.4, 0.5) is 0 Å². The van der Waals surface area contributed by atoms with E-state index in [4.69, 9.17) is 5.11 Å². The second-order valence-corrected chi connectivity index (χ2v) is 2.76. The summed E-state index contributed by atoms with van der Waals surface area (Å²) in [7, 11) is 0. The van der Waals surface area contributed by atoms with E-state index in [0.717, 1.165) is 17.2 Å². The molecule has 8 heavy (non-hydrogen) atoms. The summed E-state index contributed by atoms with van der Waals surface area (Å²) in [6.45, 7) is 2.05. The van der Waals surface area contributed by atoms with Crippen LogP contribution in [0.25, 0.3) is 0 Å². The average molecular weight is 131 g/mol. The molecule has 2 nitrogen and oxygen atoms in total. The van der Waals surface area contributed by atoms with E-state index < -0.39 is 6.23 Å². The second-order valence-electron chi connectivity index (χ2n) is 1.67. The van der Waals surface area contributed by atoms with Gasteiger partial charge in [-0.1, -0.05) is 6.92 Å². The molecule has 1 unspecified atom stereocenters. The van der Waals surface area contributed by atoms with Gasteiger partial charge in [0.2, 0.25) is 0 Å². The van der Waals surface area contributed by atoms with Crippen LogP contribution in [0.3, 0.4) is 0 Å². The number of rotatable bonds is 1.